The van der Waals surface area contributed by atoms with Crippen molar-refractivity contribution in [3.05, 3.63) is 77.1 Å². The quantitative estimate of drug-likeness (QED) is 0.573. The first-order valence-corrected chi connectivity index (χ1v) is 9.54. The van der Waals surface area contributed by atoms with Crippen LogP contribution in [0.3, 0.4) is 0 Å². The number of nitrogens with one attached hydrogen (secondary N) is 3. The molecule has 0 unspecified atom stereocenters. The molecule has 0 atom stereocenters. The zero-order chi connectivity index (χ0) is 20.8. The predicted molar refractivity (Wildman–Crippen MR) is 113 cm³/mol. The number of carbonyl (C=O) groups excluding carboxylic acids is 2. The van der Waals surface area contributed by atoms with Gasteiger partial charge in [0.05, 0.1) is 22.5 Å². The highest BCUT2D eigenvalue weighted by Gasteiger charge is 2.11. The summed E-state index contributed by atoms with van der Waals surface area (Å²) < 4.78 is 1.57. The van der Waals surface area contributed by atoms with E-state index in [0.717, 1.165) is 5.56 Å². The standard InChI is InChI=1S/C21H22ClN5O2/c1-14(2)25-21(29)26-17-9-7-15(8-10-17)11-23-20(28)16-12-24-27(13-16)19-6-4-3-5-18(19)22/h3-10,12-14H,11H2,1-2H3,(H,23,28)(H2,25,26,29). The molecule has 7 nitrogen and oxygen atoms in total. The van der Waals surface area contributed by atoms with Crippen LogP contribution in [-0.4, -0.2) is 27.8 Å². The summed E-state index contributed by atoms with van der Waals surface area (Å²) in [6.45, 7) is 4.14. The fourth-order valence-corrected chi connectivity index (χ4v) is 2.85. The fraction of sp³-hybridized carbons (Fsp3) is 0.190. The molecule has 1 aromatic heterocycles. The van der Waals surface area contributed by atoms with Crippen LogP contribution in [0, 0.1) is 0 Å². The topological polar surface area (TPSA) is 88.1 Å². The monoisotopic (exact) mass is 411 g/mol. The molecule has 3 aromatic rings. The molecule has 0 fully saturated rings. The van der Waals surface area contributed by atoms with E-state index >= 15 is 0 Å². The Bertz CT molecular complexity index is 998. The van der Waals surface area contributed by atoms with E-state index in [-0.39, 0.29) is 18.0 Å². The Kier molecular flexibility index (Phi) is 6.51. The number of carbonyl (C=O) groups is 2. The van der Waals surface area contributed by atoms with E-state index in [1.54, 1.807) is 29.1 Å². The van der Waals surface area contributed by atoms with Crippen molar-refractivity contribution in [3.8, 4) is 5.69 Å². The molecule has 29 heavy (non-hydrogen) atoms. The summed E-state index contributed by atoms with van der Waals surface area (Å²) in [7, 11) is 0. The first-order valence-electron chi connectivity index (χ1n) is 9.16. The Morgan fingerprint density at radius 3 is 2.52 bits per heavy atom. The zero-order valence-corrected chi connectivity index (χ0v) is 16.9. The smallest absolute Gasteiger partial charge is 0.319 e. The van der Waals surface area contributed by atoms with E-state index in [1.165, 1.54) is 6.20 Å². The number of aromatic nitrogens is 2. The van der Waals surface area contributed by atoms with E-state index < -0.39 is 0 Å². The molecule has 0 aliphatic carbocycles. The van der Waals surface area contributed by atoms with Crippen molar-refractivity contribution in [2.24, 2.45) is 0 Å². The van der Waals surface area contributed by atoms with Gasteiger partial charge in [0.15, 0.2) is 0 Å². The minimum atomic E-state index is -0.253. The number of hydrogen-bond acceptors (Lipinski definition) is 3. The molecule has 3 rings (SSSR count). The number of rotatable bonds is 6. The van der Waals surface area contributed by atoms with Crippen LogP contribution in [0.25, 0.3) is 5.69 Å². The van der Waals surface area contributed by atoms with Crippen molar-refractivity contribution in [2.45, 2.75) is 26.4 Å². The van der Waals surface area contributed by atoms with Gasteiger partial charge in [-0.25, -0.2) is 9.48 Å². The first kappa shape index (κ1) is 20.4. The van der Waals surface area contributed by atoms with Gasteiger partial charge in [-0.15, -0.1) is 0 Å². The van der Waals surface area contributed by atoms with Crippen LogP contribution in [0.1, 0.15) is 29.8 Å². The highest BCUT2D eigenvalue weighted by molar-refractivity contribution is 6.32. The molecule has 3 amide bonds. The second-order valence-corrected chi connectivity index (χ2v) is 7.16. The average molecular weight is 412 g/mol. The third-order valence-electron chi connectivity index (χ3n) is 4.03. The Morgan fingerprint density at radius 1 is 1.10 bits per heavy atom. The Balaban J connectivity index is 1.56. The zero-order valence-electron chi connectivity index (χ0n) is 16.1. The molecule has 1 heterocycles. The summed E-state index contributed by atoms with van der Waals surface area (Å²) in [5.74, 6) is -0.234. The van der Waals surface area contributed by atoms with Gasteiger partial charge in [0, 0.05) is 24.5 Å². The van der Waals surface area contributed by atoms with E-state index in [0.29, 0.717) is 28.5 Å². The Hall–Kier alpha value is -3.32. The molecule has 3 N–H and O–H groups in total. The number of hydrogen-bond donors (Lipinski definition) is 3. The molecular weight excluding hydrogens is 390 g/mol. The largest absolute Gasteiger partial charge is 0.348 e. The van der Waals surface area contributed by atoms with Gasteiger partial charge < -0.3 is 16.0 Å². The summed E-state index contributed by atoms with van der Waals surface area (Å²) in [6.07, 6.45) is 3.13. The van der Waals surface area contributed by atoms with Crippen molar-refractivity contribution >= 4 is 29.2 Å². The predicted octanol–water partition coefficient (Wildman–Crippen LogP) is 3.99. The number of nitrogens with zero attached hydrogens (tertiary/aromatic N) is 2. The number of anilines is 1. The van der Waals surface area contributed by atoms with Gasteiger partial charge in [0.25, 0.3) is 5.91 Å². The van der Waals surface area contributed by atoms with Crippen molar-refractivity contribution in [3.63, 3.8) is 0 Å². The van der Waals surface area contributed by atoms with Crippen molar-refractivity contribution in [1.82, 2.24) is 20.4 Å². The number of benzene rings is 2. The maximum Gasteiger partial charge on any atom is 0.319 e. The molecule has 0 spiro atoms. The van der Waals surface area contributed by atoms with Crippen LogP contribution < -0.4 is 16.0 Å². The second kappa shape index (κ2) is 9.25. The summed E-state index contributed by atoms with van der Waals surface area (Å²) in [6, 6.07) is 14.4. The minimum Gasteiger partial charge on any atom is -0.348 e. The maximum absolute atomic E-state index is 12.4. The van der Waals surface area contributed by atoms with Crippen LogP contribution in [0.15, 0.2) is 60.9 Å². The molecule has 0 saturated carbocycles. The minimum absolute atomic E-state index is 0.0618. The summed E-state index contributed by atoms with van der Waals surface area (Å²) in [5, 5.41) is 13.1. The lowest BCUT2D eigenvalue weighted by molar-refractivity contribution is 0.0951. The van der Waals surface area contributed by atoms with Crippen molar-refractivity contribution in [1.29, 1.82) is 0 Å². The molecule has 8 heteroatoms. The second-order valence-electron chi connectivity index (χ2n) is 6.76. The molecule has 0 bridgehead atoms. The molecular formula is C21H22ClN5O2. The van der Waals surface area contributed by atoms with Crippen LogP contribution in [-0.2, 0) is 6.54 Å². The van der Waals surface area contributed by atoms with Crippen LogP contribution in [0.2, 0.25) is 5.02 Å². The van der Waals surface area contributed by atoms with Crippen LogP contribution in [0.4, 0.5) is 10.5 Å². The lowest BCUT2D eigenvalue weighted by atomic mass is 10.2. The van der Waals surface area contributed by atoms with Gasteiger partial charge in [0.1, 0.15) is 0 Å². The summed E-state index contributed by atoms with van der Waals surface area (Å²) >= 11 is 6.17. The number of para-hydroxylation sites is 1. The molecule has 0 saturated heterocycles. The SMILES string of the molecule is CC(C)NC(=O)Nc1ccc(CNC(=O)c2cnn(-c3ccccc3Cl)c2)cc1. The van der Waals surface area contributed by atoms with Gasteiger partial charge in [0.2, 0.25) is 0 Å². The number of halogens is 1. The number of urea groups is 1. The van der Waals surface area contributed by atoms with Crippen molar-refractivity contribution in [2.75, 3.05) is 5.32 Å². The van der Waals surface area contributed by atoms with E-state index in [9.17, 15) is 9.59 Å². The van der Waals surface area contributed by atoms with Gasteiger partial charge in [-0.05, 0) is 43.7 Å². The highest BCUT2D eigenvalue weighted by atomic mass is 35.5. The molecule has 0 radical (unpaired) electrons. The lowest BCUT2D eigenvalue weighted by Crippen LogP contribution is -2.34. The highest BCUT2D eigenvalue weighted by Crippen LogP contribution is 2.19. The third kappa shape index (κ3) is 5.58. The van der Waals surface area contributed by atoms with Crippen LogP contribution >= 0.6 is 11.6 Å². The Morgan fingerprint density at radius 2 is 1.83 bits per heavy atom. The van der Waals surface area contributed by atoms with E-state index in [4.69, 9.17) is 11.6 Å². The molecule has 0 aliphatic rings. The van der Waals surface area contributed by atoms with E-state index in [1.807, 2.05) is 44.2 Å². The lowest BCUT2D eigenvalue weighted by Gasteiger charge is -2.10. The molecule has 0 aliphatic heterocycles. The first-order chi connectivity index (χ1) is 13.9. The average Bonchev–Trinajstić information content (AvgIpc) is 3.17. The number of amides is 3. The maximum atomic E-state index is 12.4. The molecule has 150 valence electrons. The molecule has 2 aromatic carbocycles. The summed E-state index contributed by atoms with van der Waals surface area (Å²) in [5.41, 5.74) is 2.73. The Labute approximate surface area is 174 Å². The van der Waals surface area contributed by atoms with Crippen LogP contribution in [0.5, 0.6) is 0 Å². The van der Waals surface area contributed by atoms with Crippen molar-refractivity contribution < 1.29 is 9.59 Å². The normalized spacial score (nSPS) is 10.6. The van der Waals surface area contributed by atoms with Gasteiger partial charge >= 0.3 is 6.03 Å². The van der Waals surface area contributed by atoms with Gasteiger partial charge in [-0.3, -0.25) is 4.79 Å². The van der Waals surface area contributed by atoms with Gasteiger partial charge in [-0.1, -0.05) is 35.9 Å². The van der Waals surface area contributed by atoms with Gasteiger partial charge in [-0.2, -0.15) is 5.10 Å². The summed E-state index contributed by atoms with van der Waals surface area (Å²) in [4.78, 5) is 24.1. The fourth-order valence-electron chi connectivity index (χ4n) is 2.63. The van der Waals surface area contributed by atoms with E-state index in [2.05, 4.69) is 21.0 Å². The third-order valence-corrected chi connectivity index (χ3v) is 4.35.